The van der Waals surface area contributed by atoms with Crippen LogP contribution in [0, 0.1) is 0 Å². The van der Waals surface area contributed by atoms with Crippen LogP contribution in [0.4, 0.5) is 5.88 Å². The van der Waals surface area contributed by atoms with Crippen molar-refractivity contribution in [3.05, 3.63) is 85.3 Å². The number of hydrogen-bond acceptors (Lipinski definition) is 9. The molecule has 3 aromatic rings. The first-order valence-electron chi connectivity index (χ1n) is 12.3. The predicted octanol–water partition coefficient (Wildman–Crippen LogP) is 3.42. The number of rotatable bonds is 10. The smallest absolute Gasteiger partial charge is 0.338 e. The van der Waals surface area contributed by atoms with E-state index in [-0.39, 0.29) is 12.2 Å². The van der Waals surface area contributed by atoms with Crippen molar-refractivity contribution in [3.63, 3.8) is 0 Å². The van der Waals surface area contributed by atoms with Crippen LogP contribution in [0.15, 0.2) is 68.5 Å². The lowest BCUT2D eigenvalue weighted by molar-refractivity contribution is -0.139. The van der Waals surface area contributed by atoms with Crippen molar-refractivity contribution >= 4 is 29.3 Å². The minimum Gasteiger partial charge on any atom is -0.490 e. The van der Waals surface area contributed by atoms with Gasteiger partial charge in [0.25, 0.3) is 5.56 Å². The fourth-order valence-corrected chi connectivity index (χ4v) is 5.15. The largest absolute Gasteiger partial charge is 0.490 e. The van der Waals surface area contributed by atoms with Gasteiger partial charge in [-0.1, -0.05) is 30.1 Å². The highest BCUT2D eigenvalue weighted by Gasteiger charge is 2.34. The molecular weight excluding hydrogens is 506 g/mol. The average Bonchev–Trinajstić information content (AvgIpc) is 3.47. The van der Waals surface area contributed by atoms with Gasteiger partial charge in [-0.05, 0) is 44.5 Å². The highest BCUT2D eigenvalue weighted by Crippen LogP contribution is 2.36. The molecule has 2 aromatic heterocycles. The molecule has 200 valence electrons. The molecule has 0 fully saturated rings. The summed E-state index contributed by atoms with van der Waals surface area (Å²) in [6.07, 6.45) is 3.34. The number of carbonyl (C=O) groups is 1. The third-order valence-electron chi connectivity index (χ3n) is 5.78. The molecule has 38 heavy (non-hydrogen) atoms. The Hall–Kier alpha value is -4.05. The highest BCUT2D eigenvalue weighted by molar-refractivity contribution is 7.07. The standard InChI is InChI=1S/C28H31N3O6S/c1-7-14-36-20-12-10-18(15-21(20)34-8-2)25-24(27(33)35-9-3)17(4)29-28-31(25)26(32)22(38-28)16-19-11-13-23(37-19)30(5)6/h7,10-13,15-16,25H,1,8-9,14H2,2-6H3/b22-16+/t25-/m1/s1. The van der Waals surface area contributed by atoms with E-state index in [1.54, 1.807) is 44.2 Å². The summed E-state index contributed by atoms with van der Waals surface area (Å²) in [5.74, 6) is 1.72. The lowest BCUT2D eigenvalue weighted by Crippen LogP contribution is -2.40. The zero-order valence-electron chi connectivity index (χ0n) is 22.1. The van der Waals surface area contributed by atoms with Gasteiger partial charge in [0.05, 0.1) is 35.1 Å². The minimum atomic E-state index is -0.769. The molecule has 1 atom stereocenters. The quantitative estimate of drug-likeness (QED) is 0.289. The highest BCUT2D eigenvalue weighted by atomic mass is 32.1. The maximum Gasteiger partial charge on any atom is 0.338 e. The Morgan fingerprint density at radius 1 is 1.18 bits per heavy atom. The number of thiazole rings is 1. The van der Waals surface area contributed by atoms with E-state index in [1.165, 1.54) is 15.9 Å². The van der Waals surface area contributed by atoms with Crippen LogP contribution in [0.2, 0.25) is 0 Å². The summed E-state index contributed by atoms with van der Waals surface area (Å²) in [4.78, 5) is 33.9. The van der Waals surface area contributed by atoms with E-state index in [1.807, 2.05) is 38.1 Å². The number of anilines is 1. The summed E-state index contributed by atoms with van der Waals surface area (Å²) in [5.41, 5.74) is 1.15. The number of allylic oxidation sites excluding steroid dienone is 1. The fourth-order valence-electron chi connectivity index (χ4n) is 4.13. The van der Waals surface area contributed by atoms with Gasteiger partial charge < -0.3 is 23.5 Å². The van der Waals surface area contributed by atoms with Crippen LogP contribution in [0.5, 0.6) is 11.5 Å². The Kier molecular flexibility index (Phi) is 8.21. The number of aromatic nitrogens is 1. The number of fused-ring (bicyclic) bond motifs is 1. The molecule has 10 heteroatoms. The number of nitrogens with zero attached hydrogens (tertiary/aromatic N) is 3. The third-order valence-corrected chi connectivity index (χ3v) is 6.77. The fraction of sp³-hybridized carbons (Fsp3) is 0.321. The van der Waals surface area contributed by atoms with Crippen molar-refractivity contribution in [3.8, 4) is 11.5 Å². The van der Waals surface area contributed by atoms with Crippen molar-refractivity contribution in [2.45, 2.75) is 26.8 Å². The Balaban J connectivity index is 1.91. The van der Waals surface area contributed by atoms with Crippen LogP contribution in [0.1, 0.15) is 38.1 Å². The maximum atomic E-state index is 13.8. The molecule has 0 amide bonds. The SMILES string of the molecule is C=CCOc1ccc([C@@H]2C(C(=O)OCC)=C(C)N=c3s/c(=C/c4ccc(N(C)C)o4)c(=O)n32)cc1OCC. The number of furan rings is 1. The van der Waals surface area contributed by atoms with Gasteiger partial charge in [0.2, 0.25) is 0 Å². The van der Waals surface area contributed by atoms with E-state index in [9.17, 15) is 9.59 Å². The first kappa shape index (κ1) is 27.0. The first-order chi connectivity index (χ1) is 18.3. The minimum absolute atomic E-state index is 0.192. The van der Waals surface area contributed by atoms with Crippen molar-refractivity contribution in [1.29, 1.82) is 0 Å². The van der Waals surface area contributed by atoms with Gasteiger partial charge in [0.1, 0.15) is 12.4 Å². The summed E-state index contributed by atoms with van der Waals surface area (Å²) in [7, 11) is 3.75. The maximum absolute atomic E-state index is 13.8. The van der Waals surface area contributed by atoms with Gasteiger partial charge in [-0.3, -0.25) is 9.36 Å². The summed E-state index contributed by atoms with van der Waals surface area (Å²) < 4.78 is 24.7. The van der Waals surface area contributed by atoms with E-state index in [4.69, 9.17) is 18.6 Å². The average molecular weight is 538 g/mol. The van der Waals surface area contributed by atoms with Gasteiger partial charge in [0.15, 0.2) is 22.2 Å². The molecule has 4 rings (SSSR count). The van der Waals surface area contributed by atoms with E-state index in [0.717, 1.165) is 0 Å². The molecule has 1 aliphatic heterocycles. The van der Waals surface area contributed by atoms with Crippen molar-refractivity contribution in [1.82, 2.24) is 4.57 Å². The zero-order chi connectivity index (χ0) is 27.4. The topological polar surface area (TPSA) is 95.5 Å². The molecule has 0 N–H and O–H groups in total. The van der Waals surface area contributed by atoms with Gasteiger partial charge in [-0.15, -0.1) is 0 Å². The number of benzene rings is 1. The molecule has 3 heterocycles. The van der Waals surface area contributed by atoms with Crippen LogP contribution >= 0.6 is 11.3 Å². The van der Waals surface area contributed by atoms with E-state index < -0.39 is 12.0 Å². The number of ether oxygens (including phenoxy) is 3. The van der Waals surface area contributed by atoms with Gasteiger partial charge in [0, 0.05) is 26.2 Å². The second kappa shape index (κ2) is 11.6. The van der Waals surface area contributed by atoms with Crippen molar-refractivity contribution in [2.24, 2.45) is 4.99 Å². The molecule has 0 unspecified atom stereocenters. The van der Waals surface area contributed by atoms with Gasteiger partial charge in [-0.2, -0.15) is 0 Å². The Morgan fingerprint density at radius 2 is 1.97 bits per heavy atom. The van der Waals surface area contributed by atoms with E-state index in [0.29, 0.717) is 62.5 Å². The molecule has 1 aliphatic rings. The van der Waals surface area contributed by atoms with Crippen molar-refractivity contribution < 1.29 is 23.4 Å². The van der Waals surface area contributed by atoms with E-state index >= 15 is 0 Å². The normalized spacial score (nSPS) is 15.1. The first-order valence-corrected chi connectivity index (χ1v) is 13.1. The van der Waals surface area contributed by atoms with Crippen LogP contribution < -0.4 is 29.3 Å². The third kappa shape index (κ3) is 5.31. The molecule has 9 nitrogen and oxygen atoms in total. The van der Waals surface area contributed by atoms with Crippen LogP contribution in [-0.2, 0) is 9.53 Å². The molecule has 0 aliphatic carbocycles. The summed E-state index contributed by atoms with van der Waals surface area (Å²) >= 11 is 1.23. The molecule has 0 saturated heterocycles. The lowest BCUT2D eigenvalue weighted by Gasteiger charge is -2.25. The van der Waals surface area contributed by atoms with Crippen LogP contribution in [0.25, 0.3) is 6.08 Å². The number of esters is 1. The monoisotopic (exact) mass is 537 g/mol. The van der Waals surface area contributed by atoms with E-state index in [2.05, 4.69) is 11.6 Å². The van der Waals surface area contributed by atoms with Crippen LogP contribution in [-0.4, -0.2) is 44.5 Å². The van der Waals surface area contributed by atoms with Crippen molar-refractivity contribution in [2.75, 3.05) is 38.8 Å². The second-order valence-corrected chi connectivity index (χ2v) is 9.62. The van der Waals surface area contributed by atoms with Gasteiger partial charge >= 0.3 is 5.97 Å². The molecule has 0 saturated carbocycles. The summed E-state index contributed by atoms with van der Waals surface area (Å²) in [5, 5.41) is 0. The second-order valence-electron chi connectivity index (χ2n) is 8.61. The number of carbonyl (C=O) groups excluding carboxylic acids is 1. The molecule has 0 radical (unpaired) electrons. The summed E-state index contributed by atoms with van der Waals surface area (Å²) in [6.45, 7) is 9.96. The molecule has 0 bridgehead atoms. The molecule has 0 spiro atoms. The van der Waals surface area contributed by atoms with Gasteiger partial charge in [-0.25, -0.2) is 9.79 Å². The Bertz CT molecular complexity index is 1560. The Morgan fingerprint density at radius 3 is 2.63 bits per heavy atom. The van der Waals surface area contributed by atoms with Crippen LogP contribution in [0.3, 0.4) is 0 Å². The molecule has 1 aromatic carbocycles. The lowest BCUT2D eigenvalue weighted by atomic mass is 9.95. The zero-order valence-corrected chi connectivity index (χ0v) is 23.0. The Labute approximate surface area is 224 Å². The molecular formula is C28H31N3O6S. The number of hydrogen-bond donors (Lipinski definition) is 0. The summed E-state index contributed by atoms with van der Waals surface area (Å²) in [6, 6.07) is 8.24. The predicted molar refractivity (Wildman–Crippen MR) is 147 cm³/mol.